The number of unbranched alkanes of at least 4 members (excludes halogenated alkanes) is 10. The summed E-state index contributed by atoms with van der Waals surface area (Å²) < 4.78 is 17.1. The van der Waals surface area contributed by atoms with E-state index < -0.39 is 0 Å². The van der Waals surface area contributed by atoms with Crippen molar-refractivity contribution >= 4 is 21.9 Å². The van der Waals surface area contributed by atoms with Crippen LogP contribution in [0.4, 0.5) is 0 Å². The lowest BCUT2D eigenvalue weighted by molar-refractivity contribution is -0.154. The van der Waals surface area contributed by atoms with Crippen molar-refractivity contribution in [1.82, 2.24) is 0 Å². The normalized spacial score (nSPS) is 11.9. The van der Waals surface area contributed by atoms with Crippen molar-refractivity contribution in [1.29, 1.82) is 0 Å². The molecule has 0 fully saturated rings. The maximum Gasteiger partial charge on any atom is 0.305 e. The van der Waals surface area contributed by atoms with Gasteiger partial charge in [0.1, 0.15) is 0 Å². The first-order chi connectivity index (χ1) is 15.7. The van der Waals surface area contributed by atoms with Crippen molar-refractivity contribution in [2.45, 2.75) is 116 Å². The average Bonchev–Trinajstić information content (AvgIpc) is 2.79. The lowest BCUT2D eigenvalue weighted by Gasteiger charge is -2.17. The number of carbonyl (C=O) groups excluding carboxylic acids is 1. The van der Waals surface area contributed by atoms with Crippen molar-refractivity contribution in [3.63, 3.8) is 0 Å². The number of alkyl halides is 1. The van der Waals surface area contributed by atoms with E-state index in [0.29, 0.717) is 32.7 Å². The van der Waals surface area contributed by atoms with Gasteiger partial charge >= 0.3 is 5.97 Å². The Balaban J connectivity index is 4.15. The van der Waals surface area contributed by atoms with Crippen molar-refractivity contribution in [3.8, 4) is 0 Å². The average molecular weight is 518 g/mol. The van der Waals surface area contributed by atoms with Gasteiger partial charge in [-0.25, -0.2) is 0 Å². The molecule has 0 atom stereocenters. The van der Waals surface area contributed by atoms with Gasteiger partial charge in [-0.05, 0) is 38.5 Å². The highest BCUT2D eigenvalue weighted by Gasteiger charge is 2.10. The summed E-state index contributed by atoms with van der Waals surface area (Å²) in [5.74, 6) is -0.128. The maximum absolute atomic E-state index is 11.9. The topological polar surface area (TPSA) is 44.8 Å². The molecular formula is C27H49BrO4. The highest BCUT2D eigenvalue weighted by atomic mass is 79.9. The Labute approximate surface area is 206 Å². The maximum atomic E-state index is 11.9. The number of hydrogen-bond acceptors (Lipinski definition) is 4. The van der Waals surface area contributed by atoms with E-state index in [0.717, 1.165) is 37.4 Å². The molecule has 0 aromatic rings. The predicted molar refractivity (Wildman–Crippen MR) is 139 cm³/mol. The van der Waals surface area contributed by atoms with E-state index in [-0.39, 0.29) is 12.3 Å². The number of esters is 1. The van der Waals surface area contributed by atoms with Gasteiger partial charge in [-0.1, -0.05) is 99.0 Å². The number of ether oxygens (including phenoxy) is 3. The fourth-order valence-electron chi connectivity index (χ4n) is 3.17. The smallest absolute Gasteiger partial charge is 0.305 e. The molecule has 4 nitrogen and oxygen atoms in total. The highest BCUT2D eigenvalue weighted by molar-refractivity contribution is 9.09. The molecule has 0 rings (SSSR count). The molecular weight excluding hydrogens is 468 g/mol. The van der Waals surface area contributed by atoms with E-state index in [1.54, 1.807) is 0 Å². The van der Waals surface area contributed by atoms with Gasteiger partial charge in [0.25, 0.3) is 0 Å². The van der Waals surface area contributed by atoms with Gasteiger partial charge in [0, 0.05) is 18.2 Å². The molecule has 0 heterocycles. The third-order valence-corrected chi connectivity index (χ3v) is 5.73. The lowest BCUT2D eigenvalue weighted by Crippen LogP contribution is -2.21. The van der Waals surface area contributed by atoms with E-state index in [2.05, 4.69) is 54.1 Å². The largest absolute Gasteiger partial charge is 0.465 e. The number of halogens is 1. The first-order valence-corrected chi connectivity index (χ1v) is 14.1. The Kier molecular flexibility index (Phi) is 26.1. The molecule has 0 N–H and O–H groups in total. The standard InChI is InChI=1S/C27H49BrO4/c1-3-5-7-9-11-13-18-23-31-27(32-24-19-14-12-10-8-6-4-2)21-25-30-26(29)20-16-15-17-22-28/h13-14,18-19,27H,3-12,15-17,20-25H2,1-2H3/b18-13-,19-14-. The van der Waals surface area contributed by atoms with Crippen LogP contribution in [0.3, 0.4) is 0 Å². The Morgan fingerprint density at radius 2 is 1.31 bits per heavy atom. The van der Waals surface area contributed by atoms with Crippen molar-refractivity contribution in [2.24, 2.45) is 0 Å². The molecule has 0 aromatic carbocycles. The molecule has 0 aliphatic heterocycles. The van der Waals surface area contributed by atoms with Gasteiger partial charge in [-0.2, -0.15) is 0 Å². The minimum Gasteiger partial charge on any atom is -0.465 e. The zero-order valence-corrected chi connectivity index (χ0v) is 22.4. The minimum absolute atomic E-state index is 0.128. The van der Waals surface area contributed by atoms with Crippen LogP contribution in [-0.4, -0.2) is 37.4 Å². The number of carbonyl (C=O) groups is 1. The first-order valence-electron chi connectivity index (χ1n) is 13.0. The Morgan fingerprint density at radius 3 is 1.84 bits per heavy atom. The molecule has 0 bridgehead atoms. The minimum atomic E-state index is -0.356. The van der Waals surface area contributed by atoms with E-state index >= 15 is 0 Å². The summed E-state index contributed by atoms with van der Waals surface area (Å²) in [6.07, 6.45) is 24.6. The van der Waals surface area contributed by atoms with Gasteiger partial charge in [-0.15, -0.1) is 0 Å². The van der Waals surface area contributed by atoms with Crippen LogP contribution in [0, 0.1) is 0 Å². The monoisotopic (exact) mass is 516 g/mol. The van der Waals surface area contributed by atoms with Gasteiger partial charge in [-0.3, -0.25) is 4.79 Å². The Hall–Kier alpha value is -0.650. The van der Waals surface area contributed by atoms with Crippen LogP contribution in [-0.2, 0) is 19.0 Å². The second-order valence-electron chi connectivity index (χ2n) is 8.25. The van der Waals surface area contributed by atoms with Gasteiger partial charge in [0.15, 0.2) is 6.29 Å². The molecule has 0 radical (unpaired) electrons. The number of hydrogen-bond donors (Lipinski definition) is 0. The molecule has 0 saturated carbocycles. The van der Waals surface area contributed by atoms with Crippen LogP contribution in [0.25, 0.3) is 0 Å². The molecule has 0 aliphatic carbocycles. The van der Waals surface area contributed by atoms with Crippen molar-refractivity contribution in [3.05, 3.63) is 24.3 Å². The van der Waals surface area contributed by atoms with Crippen LogP contribution in [0.15, 0.2) is 24.3 Å². The van der Waals surface area contributed by atoms with E-state index in [1.165, 1.54) is 51.4 Å². The van der Waals surface area contributed by atoms with Crippen LogP contribution in [0.1, 0.15) is 110 Å². The number of allylic oxidation sites excluding steroid dienone is 2. The second kappa shape index (κ2) is 26.6. The fourth-order valence-corrected chi connectivity index (χ4v) is 3.57. The SMILES string of the molecule is CCCCCC/C=C\COC(CCOC(=O)CCCCCBr)OC/C=C\CCCCCC. The van der Waals surface area contributed by atoms with Crippen molar-refractivity contribution in [2.75, 3.05) is 25.2 Å². The molecule has 0 saturated heterocycles. The zero-order valence-electron chi connectivity index (χ0n) is 20.8. The lowest BCUT2D eigenvalue weighted by atomic mass is 10.1. The fraction of sp³-hybridized carbons (Fsp3) is 0.815. The van der Waals surface area contributed by atoms with Gasteiger partial charge in [0.2, 0.25) is 0 Å². The van der Waals surface area contributed by atoms with Crippen molar-refractivity contribution < 1.29 is 19.0 Å². The molecule has 0 amide bonds. The van der Waals surface area contributed by atoms with Crippen LogP contribution in [0.2, 0.25) is 0 Å². The van der Waals surface area contributed by atoms with E-state index in [4.69, 9.17) is 14.2 Å². The van der Waals surface area contributed by atoms with Crippen LogP contribution >= 0.6 is 15.9 Å². The molecule has 32 heavy (non-hydrogen) atoms. The van der Waals surface area contributed by atoms with Gasteiger partial charge in [0.05, 0.1) is 19.8 Å². The summed E-state index contributed by atoms with van der Waals surface area (Å²) >= 11 is 3.41. The third-order valence-electron chi connectivity index (χ3n) is 5.17. The summed E-state index contributed by atoms with van der Waals surface area (Å²) in [7, 11) is 0. The molecule has 0 aliphatic rings. The van der Waals surface area contributed by atoms with Crippen LogP contribution in [0.5, 0.6) is 0 Å². The Morgan fingerprint density at radius 1 is 0.750 bits per heavy atom. The number of rotatable bonds is 24. The summed E-state index contributed by atoms with van der Waals surface area (Å²) in [6, 6.07) is 0. The predicted octanol–water partition coefficient (Wildman–Crippen LogP) is 8.29. The third kappa shape index (κ3) is 24.0. The molecule has 0 unspecified atom stereocenters. The van der Waals surface area contributed by atoms with E-state index in [9.17, 15) is 4.79 Å². The summed E-state index contributed by atoms with van der Waals surface area (Å²) in [4.78, 5) is 11.9. The Bertz CT molecular complexity index is 425. The van der Waals surface area contributed by atoms with Gasteiger partial charge < -0.3 is 14.2 Å². The highest BCUT2D eigenvalue weighted by Crippen LogP contribution is 2.08. The molecule has 0 aromatic heterocycles. The summed E-state index contributed by atoms with van der Waals surface area (Å²) in [6.45, 7) is 5.85. The first kappa shape index (κ1) is 31.4. The zero-order chi connectivity index (χ0) is 23.5. The molecule has 5 heteroatoms. The van der Waals surface area contributed by atoms with E-state index in [1.807, 2.05) is 0 Å². The van der Waals surface area contributed by atoms with Crippen LogP contribution < -0.4 is 0 Å². The second-order valence-corrected chi connectivity index (χ2v) is 9.04. The molecule has 188 valence electrons. The molecule has 0 spiro atoms. The quantitative estimate of drug-likeness (QED) is 0.0425. The summed E-state index contributed by atoms with van der Waals surface area (Å²) in [5.41, 5.74) is 0. The summed E-state index contributed by atoms with van der Waals surface area (Å²) in [5, 5.41) is 0.985.